The van der Waals surface area contributed by atoms with Crippen LogP contribution in [0.2, 0.25) is 18.6 Å². The van der Waals surface area contributed by atoms with E-state index in [1.807, 2.05) is 0 Å². The van der Waals surface area contributed by atoms with Crippen LogP contribution in [-0.4, -0.2) is 8.07 Å². The van der Waals surface area contributed by atoms with Crippen LogP contribution in [0.5, 0.6) is 0 Å². The number of hydrogen-bond donors (Lipinski definition) is 0. The van der Waals surface area contributed by atoms with E-state index in [1.165, 1.54) is 12.8 Å². The van der Waals surface area contributed by atoms with Gasteiger partial charge in [0.1, 0.15) is 0 Å². The van der Waals surface area contributed by atoms with E-state index in [0.717, 1.165) is 17.4 Å². The van der Waals surface area contributed by atoms with Crippen LogP contribution in [0.3, 0.4) is 0 Å². The van der Waals surface area contributed by atoms with E-state index < -0.39 is 8.07 Å². The standard InChI is InChI=1S/C15H22Si/c1-16(2,14-6-4-3-5-7-14)15-11-12-8-9-13(15)10-12/h3-7,12-13,15H,8-11H2,1-2H3. The first kappa shape index (κ1) is 10.6. The quantitative estimate of drug-likeness (QED) is 0.678. The lowest BCUT2D eigenvalue weighted by molar-refractivity contribution is 0.471. The van der Waals surface area contributed by atoms with Crippen LogP contribution >= 0.6 is 0 Å². The minimum absolute atomic E-state index is 1.06. The van der Waals surface area contributed by atoms with Crippen LogP contribution < -0.4 is 5.19 Å². The van der Waals surface area contributed by atoms with Gasteiger partial charge in [-0.1, -0.05) is 61.5 Å². The molecule has 0 saturated heterocycles. The Kier molecular flexibility index (Phi) is 2.47. The molecule has 3 atom stereocenters. The maximum absolute atomic E-state index is 2.59. The Morgan fingerprint density at radius 3 is 2.31 bits per heavy atom. The van der Waals surface area contributed by atoms with Gasteiger partial charge in [0.15, 0.2) is 0 Å². The highest BCUT2D eigenvalue weighted by Crippen LogP contribution is 2.55. The van der Waals surface area contributed by atoms with E-state index in [2.05, 4.69) is 43.4 Å². The van der Waals surface area contributed by atoms with E-state index in [1.54, 1.807) is 18.0 Å². The van der Waals surface area contributed by atoms with Gasteiger partial charge in [-0.2, -0.15) is 0 Å². The van der Waals surface area contributed by atoms with Gasteiger partial charge in [-0.25, -0.2) is 0 Å². The third-order valence-electron chi connectivity index (χ3n) is 5.18. The number of hydrogen-bond acceptors (Lipinski definition) is 0. The molecule has 3 rings (SSSR count). The van der Waals surface area contributed by atoms with Crippen molar-refractivity contribution in [1.82, 2.24) is 0 Å². The molecule has 2 aliphatic rings. The van der Waals surface area contributed by atoms with Crippen molar-refractivity contribution >= 4 is 13.3 Å². The highest BCUT2D eigenvalue weighted by Gasteiger charge is 2.47. The van der Waals surface area contributed by atoms with Gasteiger partial charge in [0.05, 0.1) is 8.07 Å². The zero-order valence-corrected chi connectivity index (χ0v) is 11.4. The van der Waals surface area contributed by atoms with Gasteiger partial charge >= 0.3 is 0 Å². The molecule has 0 aromatic heterocycles. The average Bonchev–Trinajstić information content (AvgIpc) is 2.92. The molecule has 2 aliphatic carbocycles. The summed E-state index contributed by atoms with van der Waals surface area (Å²) in [6.07, 6.45) is 6.14. The molecule has 86 valence electrons. The first-order valence-corrected chi connectivity index (χ1v) is 9.81. The predicted octanol–water partition coefficient (Wildman–Crippen LogP) is 3.79. The minimum Gasteiger partial charge on any atom is -0.0652 e. The molecule has 16 heavy (non-hydrogen) atoms. The maximum atomic E-state index is 2.59. The molecule has 0 amide bonds. The molecule has 2 saturated carbocycles. The molecule has 2 fully saturated rings. The minimum atomic E-state index is -1.20. The van der Waals surface area contributed by atoms with Gasteiger partial charge in [-0.05, 0) is 30.2 Å². The molecule has 1 aromatic carbocycles. The van der Waals surface area contributed by atoms with Crippen LogP contribution in [0.25, 0.3) is 0 Å². The Morgan fingerprint density at radius 2 is 1.75 bits per heavy atom. The lowest BCUT2D eigenvalue weighted by Crippen LogP contribution is -2.47. The summed E-state index contributed by atoms with van der Waals surface area (Å²) in [5.41, 5.74) is 1.06. The Balaban J connectivity index is 1.88. The molecule has 0 nitrogen and oxygen atoms in total. The fraction of sp³-hybridized carbons (Fsp3) is 0.600. The van der Waals surface area contributed by atoms with Gasteiger partial charge in [-0.15, -0.1) is 0 Å². The molecule has 1 heteroatoms. The van der Waals surface area contributed by atoms with Gasteiger partial charge in [-0.3, -0.25) is 0 Å². The summed E-state index contributed by atoms with van der Waals surface area (Å²) < 4.78 is 0. The molecular weight excluding hydrogens is 208 g/mol. The lowest BCUT2D eigenvalue weighted by Gasteiger charge is -2.36. The summed E-state index contributed by atoms with van der Waals surface area (Å²) in [5.74, 6) is 2.16. The first-order valence-electron chi connectivity index (χ1n) is 6.73. The Hall–Kier alpha value is -0.563. The van der Waals surface area contributed by atoms with Gasteiger partial charge in [0.25, 0.3) is 0 Å². The molecule has 0 spiro atoms. The number of rotatable bonds is 2. The zero-order valence-electron chi connectivity index (χ0n) is 10.4. The summed E-state index contributed by atoms with van der Waals surface area (Å²) in [6.45, 7) is 5.18. The first-order chi connectivity index (χ1) is 7.68. The highest BCUT2D eigenvalue weighted by molar-refractivity contribution is 6.91. The van der Waals surface area contributed by atoms with E-state index >= 15 is 0 Å². The van der Waals surface area contributed by atoms with Crippen molar-refractivity contribution in [3.8, 4) is 0 Å². The van der Waals surface area contributed by atoms with Crippen LogP contribution in [0.4, 0.5) is 0 Å². The van der Waals surface area contributed by atoms with E-state index in [9.17, 15) is 0 Å². The van der Waals surface area contributed by atoms with Crippen LogP contribution in [0.1, 0.15) is 25.7 Å². The molecule has 1 aromatic rings. The Morgan fingerprint density at radius 1 is 1.00 bits per heavy atom. The third-order valence-corrected chi connectivity index (χ3v) is 9.57. The topological polar surface area (TPSA) is 0 Å². The highest BCUT2D eigenvalue weighted by atomic mass is 28.3. The SMILES string of the molecule is C[Si](C)(c1ccccc1)C1CC2CCC1C2. The number of benzene rings is 1. The molecule has 0 aliphatic heterocycles. The molecule has 0 heterocycles. The zero-order chi connectivity index (χ0) is 11.2. The summed E-state index contributed by atoms with van der Waals surface area (Å²) in [5, 5.41) is 1.67. The Labute approximate surface area is 100 Å². The maximum Gasteiger partial charge on any atom is 0.0839 e. The summed E-state index contributed by atoms with van der Waals surface area (Å²) in [7, 11) is -1.20. The Bertz CT molecular complexity index is 368. The smallest absolute Gasteiger partial charge is 0.0652 e. The second-order valence-electron chi connectivity index (χ2n) is 6.37. The van der Waals surface area contributed by atoms with Gasteiger partial charge in [0, 0.05) is 0 Å². The second-order valence-corrected chi connectivity index (χ2v) is 11.1. The van der Waals surface area contributed by atoms with Crippen molar-refractivity contribution < 1.29 is 0 Å². The van der Waals surface area contributed by atoms with Crippen LogP contribution in [0.15, 0.2) is 30.3 Å². The largest absolute Gasteiger partial charge is 0.0839 e. The summed E-state index contributed by atoms with van der Waals surface area (Å²) in [4.78, 5) is 0. The average molecular weight is 230 g/mol. The molecule has 3 unspecified atom stereocenters. The molecule has 0 N–H and O–H groups in total. The molecule has 2 bridgehead atoms. The molecule has 0 radical (unpaired) electrons. The second kappa shape index (κ2) is 3.73. The van der Waals surface area contributed by atoms with Crippen molar-refractivity contribution in [1.29, 1.82) is 0 Å². The van der Waals surface area contributed by atoms with E-state index in [4.69, 9.17) is 0 Å². The summed E-state index contributed by atoms with van der Waals surface area (Å²) >= 11 is 0. The van der Waals surface area contributed by atoms with Crippen molar-refractivity contribution in [2.24, 2.45) is 11.8 Å². The fourth-order valence-electron chi connectivity index (χ4n) is 4.21. The van der Waals surface area contributed by atoms with Crippen molar-refractivity contribution in [3.05, 3.63) is 30.3 Å². The van der Waals surface area contributed by atoms with Crippen LogP contribution in [-0.2, 0) is 0 Å². The van der Waals surface area contributed by atoms with Crippen molar-refractivity contribution in [3.63, 3.8) is 0 Å². The van der Waals surface area contributed by atoms with Crippen LogP contribution in [0, 0.1) is 11.8 Å². The van der Waals surface area contributed by atoms with E-state index in [0.29, 0.717) is 0 Å². The molecular formula is C15H22Si. The third kappa shape index (κ3) is 1.57. The van der Waals surface area contributed by atoms with Crippen molar-refractivity contribution in [2.45, 2.75) is 44.3 Å². The normalized spacial score (nSPS) is 33.2. The van der Waals surface area contributed by atoms with Gasteiger partial charge in [0.2, 0.25) is 0 Å². The van der Waals surface area contributed by atoms with Crippen molar-refractivity contribution in [2.75, 3.05) is 0 Å². The monoisotopic (exact) mass is 230 g/mol. The lowest BCUT2D eigenvalue weighted by atomic mass is 10.0. The van der Waals surface area contributed by atoms with E-state index in [-0.39, 0.29) is 0 Å². The fourth-order valence-corrected chi connectivity index (χ4v) is 8.09. The number of fused-ring (bicyclic) bond motifs is 2. The predicted molar refractivity (Wildman–Crippen MR) is 72.8 cm³/mol. The summed E-state index contributed by atoms with van der Waals surface area (Å²) in [6, 6.07) is 11.3. The van der Waals surface area contributed by atoms with Gasteiger partial charge < -0.3 is 0 Å².